The third-order valence-corrected chi connectivity index (χ3v) is 7.20. The molecule has 5 rings (SSSR count). The van der Waals surface area contributed by atoms with Crippen molar-refractivity contribution in [1.29, 1.82) is 0 Å². The van der Waals surface area contributed by atoms with Crippen LogP contribution in [0.25, 0.3) is 11.4 Å². The Morgan fingerprint density at radius 2 is 1.91 bits per heavy atom. The van der Waals surface area contributed by atoms with E-state index in [9.17, 15) is 14.7 Å². The van der Waals surface area contributed by atoms with E-state index in [2.05, 4.69) is 25.8 Å². The van der Waals surface area contributed by atoms with E-state index in [4.69, 9.17) is 4.74 Å². The van der Waals surface area contributed by atoms with Gasteiger partial charge in [-0.2, -0.15) is 0 Å². The lowest BCUT2D eigenvalue weighted by Gasteiger charge is -2.31. The summed E-state index contributed by atoms with van der Waals surface area (Å²) in [7, 11) is 0. The summed E-state index contributed by atoms with van der Waals surface area (Å²) in [6.07, 6.45) is 1.81. The first kappa shape index (κ1) is 23.7. The molecule has 1 aromatic carbocycles. The molecule has 0 saturated carbocycles. The number of nitrogens with zero attached hydrogens (tertiary/aromatic N) is 4. The Bertz CT molecular complexity index is 1340. The quantitative estimate of drug-likeness (QED) is 0.304. The highest BCUT2D eigenvalue weighted by Gasteiger charge is 2.46. The van der Waals surface area contributed by atoms with Crippen LogP contribution in [0.2, 0.25) is 0 Å². The number of aryl methyl sites for hydroxylation is 2. The molecule has 0 radical (unpaired) electrons. The van der Waals surface area contributed by atoms with Crippen molar-refractivity contribution < 1.29 is 19.4 Å². The van der Waals surface area contributed by atoms with Gasteiger partial charge in [-0.1, -0.05) is 34.1 Å². The Kier molecular flexibility index (Phi) is 6.48. The van der Waals surface area contributed by atoms with Gasteiger partial charge in [-0.15, -0.1) is 0 Å². The Hall–Kier alpha value is -3.01. The Balaban J connectivity index is 1.63. The highest BCUT2D eigenvalue weighted by molar-refractivity contribution is 9.10. The molecule has 3 aromatic rings. The summed E-state index contributed by atoms with van der Waals surface area (Å²) in [6, 6.07) is 10.6. The number of likely N-dealkylation sites (tertiary alicyclic amines) is 1. The zero-order valence-electron chi connectivity index (χ0n) is 19.7. The molecule has 1 atom stereocenters. The van der Waals surface area contributed by atoms with Gasteiger partial charge in [-0.25, -0.2) is 4.98 Å². The van der Waals surface area contributed by atoms with Crippen molar-refractivity contribution in [2.45, 2.75) is 19.9 Å². The van der Waals surface area contributed by atoms with E-state index < -0.39 is 17.7 Å². The summed E-state index contributed by atoms with van der Waals surface area (Å²) in [4.78, 5) is 35.1. The molecule has 182 valence electrons. The second kappa shape index (κ2) is 9.56. The van der Waals surface area contributed by atoms with Crippen molar-refractivity contribution >= 4 is 39.0 Å². The van der Waals surface area contributed by atoms with Crippen LogP contribution in [0.15, 0.2) is 52.6 Å². The third kappa shape index (κ3) is 4.28. The summed E-state index contributed by atoms with van der Waals surface area (Å²) in [6.45, 7) is 7.60. The van der Waals surface area contributed by atoms with Gasteiger partial charge in [-0.05, 0) is 43.2 Å². The smallest absolute Gasteiger partial charge is 0.295 e. The van der Waals surface area contributed by atoms with Crippen LogP contribution in [-0.2, 0) is 14.3 Å². The lowest BCUT2D eigenvalue weighted by molar-refractivity contribution is -0.140. The van der Waals surface area contributed by atoms with Gasteiger partial charge in [0.15, 0.2) is 5.76 Å². The first-order chi connectivity index (χ1) is 16.9. The van der Waals surface area contributed by atoms with E-state index in [-0.39, 0.29) is 11.3 Å². The van der Waals surface area contributed by atoms with Gasteiger partial charge < -0.3 is 14.7 Å². The van der Waals surface area contributed by atoms with Crippen LogP contribution in [-0.4, -0.2) is 75.4 Å². The topological polar surface area (TPSA) is 87.4 Å². The minimum Gasteiger partial charge on any atom is -0.505 e. The van der Waals surface area contributed by atoms with Gasteiger partial charge in [0.25, 0.3) is 11.7 Å². The number of rotatable bonds is 5. The largest absolute Gasteiger partial charge is 0.505 e. The molecule has 4 heterocycles. The number of imidazole rings is 1. The SMILES string of the molecule is Cc1nc2c(C)cccn2c1C(O)=C1C(=O)C(=O)N(CCN2CCOCC2)[C@@H]1c1cccc(Br)c1. The Labute approximate surface area is 211 Å². The molecule has 1 N–H and O–H groups in total. The second-order valence-electron chi connectivity index (χ2n) is 8.93. The number of aliphatic hydroxyl groups excluding tert-OH is 1. The van der Waals surface area contributed by atoms with Gasteiger partial charge >= 0.3 is 0 Å². The lowest BCUT2D eigenvalue weighted by atomic mass is 9.96. The number of aliphatic hydroxyl groups is 1. The van der Waals surface area contributed by atoms with Gasteiger partial charge in [0.05, 0.1) is 30.5 Å². The number of morpholine rings is 1. The van der Waals surface area contributed by atoms with Gasteiger partial charge in [0.2, 0.25) is 0 Å². The Morgan fingerprint density at radius 1 is 1.14 bits per heavy atom. The molecule has 0 spiro atoms. The molecule has 0 unspecified atom stereocenters. The number of carbonyl (C=O) groups is 2. The Morgan fingerprint density at radius 3 is 2.66 bits per heavy atom. The van der Waals surface area contributed by atoms with E-state index in [0.717, 1.165) is 28.7 Å². The van der Waals surface area contributed by atoms with Crippen LogP contribution < -0.4 is 0 Å². The minimum atomic E-state index is -0.705. The number of aromatic nitrogens is 2. The van der Waals surface area contributed by atoms with Crippen molar-refractivity contribution in [2.75, 3.05) is 39.4 Å². The molecule has 9 heteroatoms. The number of fused-ring (bicyclic) bond motifs is 1. The number of Topliss-reactive ketones (excluding diaryl/α,β-unsaturated/α-hetero) is 1. The van der Waals surface area contributed by atoms with Crippen molar-refractivity contribution in [3.8, 4) is 0 Å². The molecule has 0 aliphatic carbocycles. The molecule has 2 aliphatic heterocycles. The number of pyridine rings is 1. The van der Waals surface area contributed by atoms with Crippen LogP contribution in [0, 0.1) is 13.8 Å². The maximum absolute atomic E-state index is 13.4. The summed E-state index contributed by atoms with van der Waals surface area (Å²) in [5, 5.41) is 11.6. The van der Waals surface area contributed by atoms with Crippen LogP contribution in [0.3, 0.4) is 0 Å². The normalized spacial score (nSPS) is 20.8. The number of hydrogen-bond donors (Lipinski definition) is 1. The molecule has 35 heavy (non-hydrogen) atoms. The monoisotopic (exact) mass is 538 g/mol. The summed E-state index contributed by atoms with van der Waals surface area (Å²) in [5.74, 6) is -1.50. The standard InChI is InChI=1S/C26H27BrN4O4/c1-16-5-4-8-30-21(17(2)28-25(16)30)23(32)20-22(18-6-3-7-19(27)15-18)31(26(34)24(20)33)10-9-29-11-13-35-14-12-29/h3-8,15,22,32H,9-14H2,1-2H3/t22-/m1/s1. The first-order valence-electron chi connectivity index (χ1n) is 11.7. The van der Waals surface area contributed by atoms with Crippen LogP contribution in [0.1, 0.15) is 28.6 Å². The second-order valence-corrected chi connectivity index (χ2v) is 9.85. The van der Waals surface area contributed by atoms with Crippen molar-refractivity contribution in [2.24, 2.45) is 0 Å². The number of hydrogen-bond acceptors (Lipinski definition) is 6. The van der Waals surface area contributed by atoms with E-state index in [1.54, 1.807) is 22.4 Å². The molecule has 2 fully saturated rings. The van der Waals surface area contributed by atoms with E-state index in [1.807, 2.05) is 43.3 Å². The number of carbonyl (C=O) groups excluding carboxylic acids is 2. The fourth-order valence-corrected chi connectivity index (χ4v) is 5.35. The number of benzene rings is 1. The zero-order valence-corrected chi connectivity index (χ0v) is 21.3. The molecular weight excluding hydrogens is 512 g/mol. The number of halogens is 1. The summed E-state index contributed by atoms with van der Waals surface area (Å²) < 4.78 is 8.03. The van der Waals surface area contributed by atoms with E-state index >= 15 is 0 Å². The maximum atomic E-state index is 13.4. The van der Waals surface area contributed by atoms with Crippen molar-refractivity contribution in [3.63, 3.8) is 0 Å². The van der Waals surface area contributed by atoms with Crippen LogP contribution in [0.5, 0.6) is 0 Å². The number of ether oxygens (including phenoxy) is 1. The summed E-state index contributed by atoms with van der Waals surface area (Å²) >= 11 is 3.51. The fourth-order valence-electron chi connectivity index (χ4n) is 4.94. The molecule has 2 saturated heterocycles. The maximum Gasteiger partial charge on any atom is 0.295 e. The molecule has 2 aliphatic rings. The van der Waals surface area contributed by atoms with Crippen molar-refractivity contribution in [1.82, 2.24) is 19.2 Å². The predicted octanol–water partition coefficient (Wildman–Crippen LogP) is 3.47. The first-order valence-corrected chi connectivity index (χ1v) is 12.4. The predicted molar refractivity (Wildman–Crippen MR) is 135 cm³/mol. The minimum absolute atomic E-state index is 0.0847. The molecule has 1 amide bonds. The number of amides is 1. The van der Waals surface area contributed by atoms with Gasteiger partial charge in [-0.3, -0.25) is 18.9 Å². The van der Waals surface area contributed by atoms with Crippen LogP contribution in [0.4, 0.5) is 0 Å². The highest BCUT2D eigenvalue weighted by atomic mass is 79.9. The third-order valence-electron chi connectivity index (χ3n) is 6.71. The van der Waals surface area contributed by atoms with Crippen LogP contribution >= 0.6 is 15.9 Å². The molecule has 0 bridgehead atoms. The highest BCUT2D eigenvalue weighted by Crippen LogP contribution is 2.40. The molecule has 8 nitrogen and oxygen atoms in total. The molecular formula is C26H27BrN4O4. The van der Waals surface area contributed by atoms with E-state index in [1.165, 1.54) is 0 Å². The van der Waals surface area contributed by atoms with Gasteiger partial charge in [0, 0.05) is 36.8 Å². The lowest BCUT2D eigenvalue weighted by Crippen LogP contribution is -2.42. The fraction of sp³-hybridized carbons (Fsp3) is 0.346. The summed E-state index contributed by atoms with van der Waals surface area (Å²) in [5.41, 5.74) is 3.50. The average Bonchev–Trinajstić information content (AvgIpc) is 3.32. The van der Waals surface area contributed by atoms with E-state index in [0.29, 0.717) is 43.3 Å². The average molecular weight is 539 g/mol. The van der Waals surface area contributed by atoms with Crippen molar-refractivity contribution in [3.05, 3.63) is 75.2 Å². The number of ketones is 1. The zero-order chi connectivity index (χ0) is 24.7. The van der Waals surface area contributed by atoms with Gasteiger partial charge in [0.1, 0.15) is 11.3 Å². The molecule has 2 aromatic heterocycles.